The molecule has 17 heavy (non-hydrogen) atoms. The number of carbonyl (C=O) groups is 2. The van der Waals surface area contributed by atoms with Crippen molar-refractivity contribution >= 4 is 11.9 Å². The van der Waals surface area contributed by atoms with Gasteiger partial charge in [0.25, 0.3) is 0 Å². The fraction of sp³-hybridized carbons (Fsp3) is 0.833. The molecule has 5 heteroatoms. The second-order valence-electron chi connectivity index (χ2n) is 5.40. The van der Waals surface area contributed by atoms with Crippen LogP contribution in [-0.4, -0.2) is 49.1 Å². The number of hydrogen-bond acceptors (Lipinski definition) is 3. The molecule has 0 aromatic heterocycles. The number of carbonyl (C=O) groups excluding carboxylic acids is 1. The largest absolute Gasteiger partial charge is 0.481 e. The van der Waals surface area contributed by atoms with E-state index in [0.717, 1.165) is 6.42 Å². The first-order valence-electron chi connectivity index (χ1n) is 5.86. The topological polar surface area (TPSA) is 69.6 Å². The van der Waals surface area contributed by atoms with Crippen molar-refractivity contribution in [2.75, 3.05) is 27.2 Å². The molecular weight excluding hydrogens is 220 g/mol. The molecule has 0 aliphatic rings. The molecule has 0 unspecified atom stereocenters. The molecule has 100 valence electrons. The summed E-state index contributed by atoms with van der Waals surface area (Å²) >= 11 is 0. The predicted octanol–water partition coefficient (Wildman–Crippen LogP) is 0.945. The lowest BCUT2D eigenvalue weighted by Gasteiger charge is -2.24. The highest BCUT2D eigenvalue weighted by molar-refractivity contribution is 5.77. The number of carboxylic acid groups (broad SMARTS) is 1. The van der Waals surface area contributed by atoms with E-state index >= 15 is 0 Å². The predicted molar refractivity (Wildman–Crippen MR) is 66.8 cm³/mol. The molecule has 0 saturated heterocycles. The van der Waals surface area contributed by atoms with E-state index in [4.69, 9.17) is 5.11 Å². The van der Waals surface area contributed by atoms with E-state index < -0.39 is 5.97 Å². The number of carboxylic acids is 1. The van der Waals surface area contributed by atoms with Crippen LogP contribution in [0.15, 0.2) is 0 Å². The first kappa shape index (κ1) is 15.9. The summed E-state index contributed by atoms with van der Waals surface area (Å²) in [7, 11) is 3.69. The monoisotopic (exact) mass is 244 g/mol. The van der Waals surface area contributed by atoms with Gasteiger partial charge >= 0.3 is 5.97 Å². The highest BCUT2D eigenvalue weighted by atomic mass is 16.4. The zero-order valence-corrected chi connectivity index (χ0v) is 11.2. The fourth-order valence-corrected chi connectivity index (χ4v) is 1.45. The summed E-state index contributed by atoms with van der Waals surface area (Å²) in [5.41, 5.74) is -0.0518. The van der Waals surface area contributed by atoms with Crippen molar-refractivity contribution in [3.63, 3.8) is 0 Å². The number of aliphatic carboxylic acids is 1. The first-order valence-corrected chi connectivity index (χ1v) is 5.86. The number of rotatable bonds is 8. The van der Waals surface area contributed by atoms with Crippen LogP contribution in [-0.2, 0) is 9.59 Å². The molecule has 0 atom stereocenters. The van der Waals surface area contributed by atoms with Gasteiger partial charge in [-0.3, -0.25) is 9.59 Å². The van der Waals surface area contributed by atoms with Gasteiger partial charge in [0.1, 0.15) is 0 Å². The van der Waals surface area contributed by atoms with Crippen molar-refractivity contribution in [1.29, 1.82) is 0 Å². The molecule has 1 amide bonds. The van der Waals surface area contributed by atoms with E-state index in [1.807, 2.05) is 32.8 Å². The Kier molecular flexibility index (Phi) is 6.80. The molecule has 0 rings (SSSR count). The zero-order chi connectivity index (χ0) is 13.5. The van der Waals surface area contributed by atoms with Gasteiger partial charge in [0.15, 0.2) is 0 Å². The summed E-state index contributed by atoms with van der Waals surface area (Å²) in [4.78, 5) is 23.6. The van der Waals surface area contributed by atoms with Gasteiger partial charge < -0.3 is 15.3 Å². The van der Waals surface area contributed by atoms with E-state index in [0.29, 0.717) is 19.5 Å². The third kappa shape index (κ3) is 9.81. The lowest BCUT2D eigenvalue weighted by molar-refractivity contribution is -0.137. The second-order valence-corrected chi connectivity index (χ2v) is 5.40. The zero-order valence-electron chi connectivity index (χ0n) is 11.2. The Balaban J connectivity index is 3.78. The molecule has 0 aliphatic carbocycles. The fourth-order valence-electron chi connectivity index (χ4n) is 1.45. The molecular formula is C12H24N2O3. The van der Waals surface area contributed by atoms with Crippen LogP contribution in [0.4, 0.5) is 0 Å². The maximum atomic E-state index is 11.4. The van der Waals surface area contributed by atoms with Crippen LogP contribution in [0.3, 0.4) is 0 Å². The Bertz CT molecular complexity index is 262. The number of likely N-dealkylation sites (N-methyl/N-ethyl adjacent to an activating group) is 1. The maximum Gasteiger partial charge on any atom is 0.303 e. The number of nitrogens with zero attached hydrogens (tertiary/aromatic N) is 1. The normalized spacial score (nSPS) is 11.6. The van der Waals surface area contributed by atoms with Gasteiger partial charge in [-0.25, -0.2) is 0 Å². The molecule has 0 aromatic carbocycles. The first-order chi connectivity index (χ1) is 7.73. The van der Waals surface area contributed by atoms with Gasteiger partial charge in [0, 0.05) is 13.0 Å². The maximum absolute atomic E-state index is 11.4. The van der Waals surface area contributed by atoms with E-state index in [1.54, 1.807) is 0 Å². The highest BCUT2D eigenvalue weighted by Gasteiger charge is 2.19. The molecule has 0 saturated carbocycles. The molecule has 0 spiro atoms. The van der Waals surface area contributed by atoms with Crippen LogP contribution in [0.5, 0.6) is 0 Å². The van der Waals surface area contributed by atoms with Crippen LogP contribution in [0.1, 0.15) is 33.1 Å². The SMILES string of the molecule is CN(C)CC(=O)NCCC(C)(C)CCC(=O)O. The average Bonchev–Trinajstić information content (AvgIpc) is 2.13. The van der Waals surface area contributed by atoms with Gasteiger partial charge in [-0.1, -0.05) is 13.8 Å². The standard InChI is InChI=1S/C12H24N2O3/c1-12(2,6-5-11(16)17)7-8-13-10(15)9-14(3)4/h5-9H2,1-4H3,(H,13,15)(H,16,17). The summed E-state index contributed by atoms with van der Waals surface area (Å²) in [6.07, 6.45) is 1.60. The van der Waals surface area contributed by atoms with Crippen LogP contribution >= 0.6 is 0 Å². The van der Waals surface area contributed by atoms with Crippen molar-refractivity contribution < 1.29 is 14.7 Å². The molecule has 0 heterocycles. The minimum Gasteiger partial charge on any atom is -0.481 e. The Hall–Kier alpha value is -1.10. The molecule has 5 nitrogen and oxygen atoms in total. The van der Waals surface area contributed by atoms with E-state index in [9.17, 15) is 9.59 Å². The van der Waals surface area contributed by atoms with Crippen molar-refractivity contribution in [2.24, 2.45) is 5.41 Å². The lowest BCUT2D eigenvalue weighted by atomic mass is 9.84. The minimum absolute atomic E-state index is 0.00374. The summed E-state index contributed by atoms with van der Waals surface area (Å²) < 4.78 is 0. The second kappa shape index (κ2) is 7.27. The van der Waals surface area contributed by atoms with Gasteiger partial charge in [-0.05, 0) is 32.4 Å². The van der Waals surface area contributed by atoms with Gasteiger partial charge in [-0.2, -0.15) is 0 Å². The van der Waals surface area contributed by atoms with Crippen LogP contribution < -0.4 is 5.32 Å². The van der Waals surface area contributed by atoms with E-state index in [2.05, 4.69) is 5.32 Å². The minimum atomic E-state index is -0.769. The average molecular weight is 244 g/mol. The van der Waals surface area contributed by atoms with Crippen molar-refractivity contribution in [3.05, 3.63) is 0 Å². The Morgan fingerprint density at radius 3 is 2.29 bits per heavy atom. The molecule has 2 N–H and O–H groups in total. The number of nitrogens with one attached hydrogen (secondary N) is 1. The Labute approximate surface area is 103 Å². The Morgan fingerprint density at radius 2 is 1.82 bits per heavy atom. The van der Waals surface area contributed by atoms with Crippen molar-refractivity contribution in [2.45, 2.75) is 33.1 Å². The molecule has 0 radical (unpaired) electrons. The molecule has 0 aliphatic heterocycles. The third-order valence-corrected chi connectivity index (χ3v) is 2.60. The summed E-state index contributed by atoms with van der Waals surface area (Å²) in [6, 6.07) is 0. The highest BCUT2D eigenvalue weighted by Crippen LogP contribution is 2.25. The van der Waals surface area contributed by atoms with Crippen molar-refractivity contribution in [1.82, 2.24) is 10.2 Å². The van der Waals surface area contributed by atoms with Crippen LogP contribution in [0.25, 0.3) is 0 Å². The lowest BCUT2D eigenvalue weighted by Crippen LogP contribution is -2.35. The number of amides is 1. The number of hydrogen-bond donors (Lipinski definition) is 2. The summed E-state index contributed by atoms with van der Waals surface area (Å²) in [6.45, 7) is 5.02. The summed E-state index contributed by atoms with van der Waals surface area (Å²) in [5, 5.41) is 11.4. The van der Waals surface area contributed by atoms with Crippen LogP contribution in [0, 0.1) is 5.41 Å². The van der Waals surface area contributed by atoms with Gasteiger partial charge in [0.2, 0.25) is 5.91 Å². The molecule has 0 fully saturated rings. The van der Waals surface area contributed by atoms with Crippen LogP contribution in [0.2, 0.25) is 0 Å². The third-order valence-electron chi connectivity index (χ3n) is 2.60. The molecule has 0 aromatic rings. The van der Waals surface area contributed by atoms with E-state index in [-0.39, 0.29) is 17.7 Å². The smallest absolute Gasteiger partial charge is 0.303 e. The Morgan fingerprint density at radius 1 is 1.24 bits per heavy atom. The van der Waals surface area contributed by atoms with E-state index in [1.165, 1.54) is 0 Å². The summed E-state index contributed by atoms with van der Waals surface area (Å²) in [5.74, 6) is -0.765. The quantitative estimate of drug-likeness (QED) is 0.667. The van der Waals surface area contributed by atoms with Gasteiger partial charge in [-0.15, -0.1) is 0 Å². The van der Waals surface area contributed by atoms with Crippen molar-refractivity contribution in [3.8, 4) is 0 Å². The van der Waals surface area contributed by atoms with Gasteiger partial charge in [0.05, 0.1) is 6.54 Å². The molecule has 0 bridgehead atoms.